The standard InChI is InChI=1S/C19H29NO4/c1-13-4-3-7-19(2)17(24-19)16-14(6-5-13)15(18(21)23-16)12-20-8-10-22-11-9-20/h4,14-17H,3,5-12H2,1-2H3/b13-4-. The summed E-state index contributed by atoms with van der Waals surface area (Å²) in [5.74, 6) is 0.234. The van der Waals surface area contributed by atoms with Crippen molar-refractivity contribution in [2.45, 2.75) is 57.3 Å². The number of esters is 1. The first-order valence-corrected chi connectivity index (χ1v) is 9.41. The van der Waals surface area contributed by atoms with Gasteiger partial charge >= 0.3 is 5.97 Å². The van der Waals surface area contributed by atoms with Gasteiger partial charge in [0.25, 0.3) is 0 Å². The minimum atomic E-state index is -0.106. The molecule has 3 aliphatic heterocycles. The highest BCUT2D eigenvalue weighted by molar-refractivity contribution is 5.75. The zero-order valence-electron chi connectivity index (χ0n) is 14.8. The maximum Gasteiger partial charge on any atom is 0.311 e. The molecule has 3 heterocycles. The van der Waals surface area contributed by atoms with Gasteiger partial charge in [-0.05, 0) is 39.5 Å². The lowest BCUT2D eigenvalue weighted by atomic mass is 9.80. The Morgan fingerprint density at radius 1 is 1.33 bits per heavy atom. The predicted molar refractivity (Wildman–Crippen MR) is 89.6 cm³/mol. The molecule has 134 valence electrons. The summed E-state index contributed by atoms with van der Waals surface area (Å²) in [6.07, 6.45) is 6.53. The Kier molecular flexibility index (Phi) is 4.43. The number of ether oxygens (including phenoxy) is 3. The van der Waals surface area contributed by atoms with Crippen molar-refractivity contribution in [3.8, 4) is 0 Å². The van der Waals surface area contributed by atoms with Crippen LogP contribution in [0.3, 0.4) is 0 Å². The van der Waals surface area contributed by atoms with E-state index in [4.69, 9.17) is 14.2 Å². The van der Waals surface area contributed by atoms with Gasteiger partial charge in [-0.2, -0.15) is 0 Å². The molecule has 3 fully saturated rings. The number of allylic oxidation sites excluding steroid dienone is 2. The molecule has 3 saturated heterocycles. The number of carbonyl (C=O) groups excluding carboxylic acids is 1. The lowest BCUT2D eigenvalue weighted by Gasteiger charge is -2.30. The van der Waals surface area contributed by atoms with E-state index in [-0.39, 0.29) is 35.6 Å². The summed E-state index contributed by atoms with van der Waals surface area (Å²) >= 11 is 0. The van der Waals surface area contributed by atoms with E-state index in [1.54, 1.807) is 0 Å². The van der Waals surface area contributed by atoms with Crippen LogP contribution < -0.4 is 0 Å². The zero-order chi connectivity index (χ0) is 16.7. The molecule has 0 aromatic heterocycles. The highest BCUT2D eigenvalue weighted by Gasteiger charge is 2.62. The SMILES string of the molecule is C/C1=C/CCC2(C)OC2C2OC(=O)C(CN3CCOCC3)C2CC1. The zero-order valence-corrected chi connectivity index (χ0v) is 14.8. The van der Waals surface area contributed by atoms with E-state index in [2.05, 4.69) is 24.8 Å². The number of epoxide rings is 1. The van der Waals surface area contributed by atoms with E-state index in [1.807, 2.05) is 0 Å². The van der Waals surface area contributed by atoms with Crippen LogP contribution in [0.25, 0.3) is 0 Å². The molecule has 24 heavy (non-hydrogen) atoms. The van der Waals surface area contributed by atoms with Gasteiger partial charge in [0.2, 0.25) is 0 Å². The van der Waals surface area contributed by atoms with E-state index in [9.17, 15) is 4.79 Å². The van der Waals surface area contributed by atoms with Gasteiger partial charge in [0.05, 0.1) is 24.7 Å². The molecule has 0 N–H and O–H groups in total. The van der Waals surface area contributed by atoms with Gasteiger partial charge in [-0.15, -0.1) is 0 Å². The Labute approximate surface area is 144 Å². The van der Waals surface area contributed by atoms with Crippen molar-refractivity contribution in [3.63, 3.8) is 0 Å². The van der Waals surface area contributed by atoms with Crippen LogP contribution in [0, 0.1) is 11.8 Å². The minimum Gasteiger partial charge on any atom is -0.459 e. The molecule has 4 rings (SSSR count). The molecule has 5 unspecified atom stereocenters. The number of morpholine rings is 1. The van der Waals surface area contributed by atoms with Gasteiger partial charge in [-0.25, -0.2) is 0 Å². The lowest BCUT2D eigenvalue weighted by Crippen LogP contribution is -2.42. The summed E-state index contributed by atoms with van der Waals surface area (Å²) in [4.78, 5) is 15.0. The Morgan fingerprint density at radius 2 is 2.12 bits per heavy atom. The molecular formula is C19H29NO4. The smallest absolute Gasteiger partial charge is 0.311 e. The Balaban J connectivity index is 1.52. The van der Waals surface area contributed by atoms with E-state index in [1.165, 1.54) is 5.57 Å². The van der Waals surface area contributed by atoms with Crippen LogP contribution in [0.15, 0.2) is 11.6 Å². The average Bonchev–Trinajstić information content (AvgIpc) is 3.14. The second-order valence-corrected chi connectivity index (χ2v) is 8.06. The number of fused-ring (bicyclic) bond motifs is 3. The third kappa shape index (κ3) is 3.14. The van der Waals surface area contributed by atoms with Crippen molar-refractivity contribution in [1.82, 2.24) is 4.90 Å². The van der Waals surface area contributed by atoms with Crippen molar-refractivity contribution >= 4 is 5.97 Å². The van der Waals surface area contributed by atoms with Crippen LogP contribution in [0.5, 0.6) is 0 Å². The number of hydrogen-bond donors (Lipinski definition) is 0. The first kappa shape index (κ1) is 16.6. The van der Waals surface area contributed by atoms with E-state index in [0.717, 1.165) is 58.5 Å². The molecule has 1 aliphatic carbocycles. The highest BCUT2D eigenvalue weighted by atomic mass is 16.6. The summed E-state index contributed by atoms with van der Waals surface area (Å²) in [7, 11) is 0. The maximum atomic E-state index is 12.6. The van der Waals surface area contributed by atoms with Crippen molar-refractivity contribution in [1.29, 1.82) is 0 Å². The van der Waals surface area contributed by atoms with E-state index in [0.29, 0.717) is 0 Å². The Morgan fingerprint density at radius 3 is 2.92 bits per heavy atom. The van der Waals surface area contributed by atoms with Crippen LogP contribution in [-0.4, -0.2) is 61.5 Å². The van der Waals surface area contributed by atoms with Crippen LogP contribution in [0.1, 0.15) is 39.5 Å². The number of rotatable bonds is 2. The van der Waals surface area contributed by atoms with Gasteiger partial charge in [0, 0.05) is 25.6 Å². The number of hydrogen-bond acceptors (Lipinski definition) is 5. The molecule has 5 heteroatoms. The van der Waals surface area contributed by atoms with Crippen LogP contribution >= 0.6 is 0 Å². The molecular weight excluding hydrogens is 306 g/mol. The first-order valence-electron chi connectivity index (χ1n) is 9.41. The van der Waals surface area contributed by atoms with E-state index < -0.39 is 0 Å². The topological polar surface area (TPSA) is 51.3 Å². The molecule has 0 bridgehead atoms. The Bertz CT molecular complexity index is 527. The van der Waals surface area contributed by atoms with E-state index >= 15 is 0 Å². The van der Waals surface area contributed by atoms with Gasteiger partial charge in [0.15, 0.2) is 0 Å². The fraction of sp³-hybridized carbons (Fsp3) is 0.842. The predicted octanol–water partition coefficient (Wildman–Crippen LogP) is 2.15. The monoisotopic (exact) mass is 335 g/mol. The molecule has 5 nitrogen and oxygen atoms in total. The van der Waals surface area contributed by atoms with Crippen molar-refractivity contribution in [2.24, 2.45) is 11.8 Å². The first-order chi connectivity index (χ1) is 11.6. The molecule has 4 aliphatic rings. The fourth-order valence-corrected chi connectivity index (χ4v) is 4.61. The summed E-state index contributed by atoms with van der Waals surface area (Å²) in [5.41, 5.74) is 1.33. The molecule has 0 saturated carbocycles. The third-order valence-corrected chi connectivity index (χ3v) is 6.30. The summed E-state index contributed by atoms with van der Waals surface area (Å²) in [5, 5.41) is 0. The van der Waals surface area contributed by atoms with Crippen LogP contribution in [0.2, 0.25) is 0 Å². The fourth-order valence-electron chi connectivity index (χ4n) is 4.61. The number of nitrogens with zero attached hydrogens (tertiary/aromatic N) is 1. The lowest BCUT2D eigenvalue weighted by molar-refractivity contribution is -0.145. The van der Waals surface area contributed by atoms with Crippen molar-refractivity contribution < 1.29 is 19.0 Å². The second kappa shape index (κ2) is 6.43. The normalized spacial score (nSPS) is 45.6. The van der Waals surface area contributed by atoms with Gasteiger partial charge in [-0.3, -0.25) is 9.69 Å². The molecule has 0 radical (unpaired) electrons. The van der Waals surface area contributed by atoms with Crippen LogP contribution in [0.4, 0.5) is 0 Å². The summed E-state index contributed by atoms with van der Waals surface area (Å²) in [6, 6.07) is 0. The van der Waals surface area contributed by atoms with Crippen molar-refractivity contribution in [2.75, 3.05) is 32.8 Å². The second-order valence-electron chi connectivity index (χ2n) is 8.06. The summed E-state index contributed by atoms with van der Waals surface area (Å²) < 4.78 is 17.3. The van der Waals surface area contributed by atoms with Crippen molar-refractivity contribution in [3.05, 3.63) is 11.6 Å². The van der Waals surface area contributed by atoms with Crippen LogP contribution in [-0.2, 0) is 19.0 Å². The molecule has 0 aromatic rings. The summed E-state index contributed by atoms with van der Waals surface area (Å²) in [6.45, 7) is 8.54. The molecule has 0 spiro atoms. The average molecular weight is 335 g/mol. The quantitative estimate of drug-likeness (QED) is 0.440. The van der Waals surface area contributed by atoms with Gasteiger partial charge in [0.1, 0.15) is 12.2 Å². The Hall–Kier alpha value is -0.910. The maximum absolute atomic E-state index is 12.6. The largest absolute Gasteiger partial charge is 0.459 e. The molecule has 5 atom stereocenters. The highest BCUT2D eigenvalue weighted by Crippen LogP contribution is 2.50. The minimum absolute atomic E-state index is 0.0183. The molecule has 0 aromatic carbocycles. The molecule has 0 amide bonds. The van der Waals surface area contributed by atoms with Gasteiger partial charge < -0.3 is 14.2 Å². The number of carbonyl (C=O) groups is 1. The third-order valence-electron chi connectivity index (χ3n) is 6.30. The van der Waals surface area contributed by atoms with Gasteiger partial charge in [-0.1, -0.05) is 11.6 Å².